The molecular weight excluding hydrogens is 120 g/mol. The predicted octanol–water partition coefficient (Wildman–Crippen LogP) is 4.89. The molecule has 0 amide bonds. The summed E-state index contributed by atoms with van der Waals surface area (Å²) in [4.78, 5) is 0. The Balaban J connectivity index is -0.0000000600. The van der Waals surface area contributed by atoms with Gasteiger partial charge in [0.1, 0.15) is 0 Å². The van der Waals surface area contributed by atoms with Crippen LogP contribution in [0.25, 0.3) is 0 Å². The molecule has 0 aliphatic heterocycles. The molecule has 0 aromatic heterocycles. The van der Waals surface area contributed by atoms with Crippen molar-refractivity contribution in [3.63, 3.8) is 0 Å². The van der Waals surface area contributed by atoms with Crippen LogP contribution in [0.2, 0.25) is 0 Å². The molecule has 0 saturated carbocycles. The van der Waals surface area contributed by atoms with Gasteiger partial charge in [-0.1, -0.05) is 68.2 Å². The molecule has 0 fully saturated rings. The van der Waals surface area contributed by atoms with Gasteiger partial charge < -0.3 is 0 Å². The zero-order chi connectivity index (χ0) is 5.54. The number of unbranched alkanes of at least 4 members (excludes halogenated alkanes) is 4. The molecule has 0 rings (SSSR count). The SMILES string of the molecule is C.C.C.CCCCCCC. The molecule has 0 saturated heterocycles. The fourth-order valence-electron chi connectivity index (χ4n) is 0.677. The van der Waals surface area contributed by atoms with Gasteiger partial charge in [0.25, 0.3) is 0 Å². The fraction of sp³-hybridized carbons (Fsp3) is 1.00. The molecule has 68 valence electrons. The van der Waals surface area contributed by atoms with Crippen LogP contribution in [0.15, 0.2) is 0 Å². The van der Waals surface area contributed by atoms with Crippen LogP contribution in [0, 0.1) is 0 Å². The monoisotopic (exact) mass is 148 g/mol. The van der Waals surface area contributed by atoms with Gasteiger partial charge in [0.15, 0.2) is 0 Å². The van der Waals surface area contributed by atoms with Crippen molar-refractivity contribution in [1.82, 2.24) is 0 Å². The standard InChI is InChI=1S/C7H16.3CH4/c1-3-5-7-6-4-2;;;/h3-7H2,1-2H3;3*1H4. The first-order valence-corrected chi connectivity index (χ1v) is 3.41. The number of rotatable bonds is 4. The summed E-state index contributed by atoms with van der Waals surface area (Å²) < 4.78 is 0. The lowest BCUT2D eigenvalue weighted by atomic mass is 10.2. The predicted molar refractivity (Wildman–Crippen MR) is 54.6 cm³/mol. The average Bonchev–Trinajstić information content (AvgIpc) is 1.69. The third-order valence-corrected chi connectivity index (χ3v) is 1.21. The molecule has 0 atom stereocenters. The third-order valence-electron chi connectivity index (χ3n) is 1.21. The molecule has 0 aliphatic rings. The first kappa shape index (κ1) is 22.5. The van der Waals surface area contributed by atoms with Gasteiger partial charge in [0.2, 0.25) is 0 Å². The summed E-state index contributed by atoms with van der Waals surface area (Å²) in [6.07, 6.45) is 7.01. The highest BCUT2D eigenvalue weighted by Crippen LogP contribution is 2.00. The summed E-state index contributed by atoms with van der Waals surface area (Å²) in [7, 11) is 0. The van der Waals surface area contributed by atoms with Crippen molar-refractivity contribution in [2.45, 2.75) is 68.2 Å². The van der Waals surface area contributed by atoms with Gasteiger partial charge in [0, 0.05) is 0 Å². The molecule has 10 heavy (non-hydrogen) atoms. The Morgan fingerprint density at radius 3 is 1.10 bits per heavy atom. The van der Waals surface area contributed by atoms with Crippen molar-refractivity contribution in [2.75, 3.05) is 0 Å². The lowest BCUT2D eigenvalue weighted by molar-refractivity contribution is 0.656. The normalized spacial score (nSPS) is 6.60. The summed E-state index contributed by atoms with van der Waals surface area (Å²) in [5, 5.41) is 0. The van der Waals surface area contributed by atoms with E-state index in [1.165, 1.54) is 32.1 Å². The van der Waals surface area contributed by atoms with Gasteiger partial charge in [-0.25, -0.2) is 0 Å². The lowest BCUT2D eigenvalue weighted by Gasteiger charge is -1.90. The zero-order valence-electron chi connectivity index (χ0n) is 5.54. The summed E-state index contributed by atoms with van der Waals surface area (Å²) in [5.41, 5.74) is 0. The highest BCUT2D eigenvalue weighted by Gasteiger charge is 1.80. The fourth-order valence-corrected chi connectivity index (χ4v) is 0.677. The lowest BCUT2D eigenvalue weighted by Crippen LogP contribution is -1.70. The Morgan fingerprint density at radius 1 is 0.600 bits per heavy atom. The average molecular weight is 148 g/mol. The molecule has 0 N–H and O–H groups in total. The molecular formula is C10H28. The minimum atomic E-state index is 0. The van der Waals surface area contributed by atoms with Crippen molar-refractivity contribution < 1.29 is 0 Å². The van der Waals surface area contributed by atoms with Crippen LogP contribution in [0.3, 0.4) is 0 Å². The van der Waals surface area contributed by atoms with Crippen LogP contribution in [-0.2, 0) is 0 Å². The molecule has 0 spiro atoms. The van der Waals surface area contributed by atoms with E-state index in [1.807, 2.05) is 0 Å². The molecule has 0 nitrogen and oxygen atoms in total. The maximum atomic E-state index is 2.25. The van der Waals surface area contributed by atoms with Crippen LogP contribution in [0.1, 0.15) is 68.2 Å². The molecule has 0 aromatic carbocycles. The Hall–Kier alpha value is 0. The summed E-state index contributed by atoms with van der Waals surface area (Å²) in [6.45, 7) is 4.49. The molecule has 0 unspecified atom stereocenters. The van der Waals surface area contributed by atoms with Crippen LogP contribution in [0.5, 0.6) is 0 Å². The van der Waals surface area contributed by atoms with E-state index in [9.17, 15) is 0 Å². The maximum Gasteiger partial charge on any atom is -0.0533 e. The Morgan fingerprint density at radius 2 is 0.900 bits per heavy atom. The van der Waals surface area contributed by atoms with Gasteiger partial charge in [0.05, 0.1) is 0 Å². The molecule has 0 heteroatoms. The Labute approximate surface area is 69.0 Å². The number of hydrogen-bond acceptors (Lipinski definition) is 0. The van der Waals surface area contributed by atoms with Gasteiger partial charge >= 0.3 is 0 Å². The van der Waals surface area contributed by atoms with Crippen molar-refractivity contribution in [3.8, 4) is 0 Å². The van der Waals surface area contributed by atoms with E-state index in [0.29, 0.717) is 0 Å². The first-order chi connectivity index (χ1) is 3.41. The summed E-state index contributed by atoms with van der Waals surface area (Å²) in [6, 6.07) is 0. The minimum Gasteiger partial charge on any atom is -0.0776 e. The third kappa shape index (κ3) is 24.5. The van der Waals surface area contributed by atoms with Crippen molar-refractivity contribution >= 4 is 0 Å². The van der Waals surface area contributed by atoms with Crippen molar-refractivity contribution in [3.05, 3.63) is 0 Å². The second-order valence-electron chi connectivity index (χ2n) is 2.06. The van der Waals surface area contributed by atoms with Crippen LogP contribution >= 0.6 is 0 Å². The molecule has 0 heterocycles. The Kier molecular flexibility index (Phi) is 51.8. The summed E-state index contributed by atoms with van der Waals surface area (Å²) >= 11 is 0. The maximum absolute atomic E-state index is 2.25. The molecule has 0 radical (unpaired) electrons. The zero-order valence-corrected chi connectivity index (χ0v) is 5.54. The second-order valence-corrected chi connectivity index (χ2v) is 2.06. The highest BCUT2D eigenvalue weighted by atomic mass is 13.9. The smallest absolute Gasteiger partial charge is 0.0533 e. The molecule has 0 aromatic rings. The number of hydrogen-bond donors (Lipinski definition) is 0. The van der Waals surface area contributed by atoms with Gasteiger partial charge in [-0.15, -0.1) is 0 Å². The van der Waals surface area contributed by atoms with E-state index in [-0.39, 0.29) is 22.3 Å². The first-order valence-electron chi connectivity index (χ1n) is 3.41. The highest BCUT2D eigenvalue weighted by molar-refractivity contribution is 4.35. The quantitative estimate of drug-likeness (QED) is 0.498. The van der Waals surface area contributed by atoms with E-state index >= 15 is 0 Å². The van der Waals surface area contributed by atoms with E-state index < -0.39 is 0 Å². The van der Waals surface area contributed by atoms with E-state index in [4.69, 9.17) is 0 Å². The topological polar surface area (TPSA) is 0 Å². The van der Waals surface area contributed by atoms with Crippen molar-refractivity contribution in [1.29, 1.82) is 0 Å². The Bertz CT molecular complexity index is 19.2. The van der Waals surface area contributed by atoms with Gasteiger partial charge in [-0.3, -0.25) is 0 Å². The van der Waals surface area contributed by atoms with Gasteiger partial charge in [-0.2, -0.15) is 0 Å². The van der Waals surface area contributed by atoms with E-state index in [2.05, 4.69) is 13.8 Å². The molecule has 0 aliphatic carbocycles. The molecule has 0 bridgehead atoms. The second kappa shape index (κ2) is 23.0. The van der Waals surface area contributed by atoms with E-state index in [1.54, 1.807) is 0 Å². The van der Waals surface area contributed by atoms with Crippen LogP contribution in [0.4, 0.5) is 0 Å². The minimum absolute atomic E-state index is 0. The largest absolute Gasteiger partial charge is 0.0776 e. The van der Waals surface area contributed by atoms with Gasteiger partial charge in [-0.05, 0) is 0 Å². The van der Waals surface area contributed by atoms with Crippen LogP contribution < -0.4 is 0 Å². The van der Waals surface area contributed by atoms with Crippen LogP contribution in [-0.4, -0.2) is 0 Å². The summed E-state index contributed by atoms with van der Waals surface area (Å²) in [5.74, 6) is 0. The van der Waals surface area contributed by atoms with Crippen molar-refractivity contribution in [2.24, 2.45) is 0 Å². The van der Waals surface area contributed by atoms with E-state index in [0.717, 1.165) is 0 Å².